The highest BCUT2D eigenvalue weighted by Gasteiger charge is 1.99. The smallest absolute Gasteiger partial charge is 0.303 e. The predicted octanol–water partition coefficient (Wildman–Crippen LogP) is 1.61. The largest absolute Gasteiger partial charge is 0.481 e. The van der Waals surface area contributed by atoms with Gasteiger partial charge in [0.1, 0.15) is 6.26 Å². The summed E-state index contributed by atoms with van der Waals surface area (Å²) in [7, 11) is 0. The van der Waals surface area contributed by atoms with Crippen molar-refractivity contribution in [1.82, 2.24) is 0 Å². The third-order valence-corrected chi connectivity index (χ3v) is 1.36. The molecule has 0 saturated carbocycles. The maximum absolute atomic E-state index is 9.90. The molecule has 0 aromatic carbocycles. The molecule has 0 amide bonds. The molecule has 9 heteroatoms. The second-order valence-corrected chi connectivity index (χ2v) is 2.87. The van der Waals surface area contributed by atoms with Crippen LogP contribution in [0.1, 0.15) is 32.6 Å². The van der Waals surface area contributed by atoms with Gasteiger partial charge in [-0.15, -0.1) is 0 Å². The van der Waals surface area contributed by atoms with Crippen LogP contribution in [-0.2, 0) is 34.5 Å². The van der Waals surface area contributed by atoms with E-state index in [-0.39, 0.29) is 12.8 Å². The molecule has 0 spiro atoms. The van der Waals surface area contributed by atoms with Crippen LogP contribution in [0.15, 0.2) is 12.8 Å². The molecule has 19 heavy (non-hydrogen) atoms. The van der Waals surface area contributed by atoms with Crippen LogP contribution in [0.2, 0.25) is 0 Å². The molecular weight excluding hydrogens is 264 g/mol. The fraction of sp³-hybridized carbons (Fsp3) is 0.600. The second-order valence-electron chi connectivity index (χ2n) is 2.87. The Balaban J connectivity index is 0. The summed E-state index contributed by atoms with van der Waals surface area (Å²) in [4.78, 5) is 28.0. The highest BCUT2D eigenvalue weighted by atomic mass is 17.8. The summed E-state index contributed by atoms with van der Waals surface area (Å²) in [6.45, 7) is 5.23. The van der Waals surface area contributed by atoms with Gasteiger partial charge >= 0.3 is 11.9 Å². The van der Waals surface area contributed by atoms with Gasteiger partial charge in [0.15, 0.2) is 0 Å². The lowest BCUT2D eigenvalue weighted by Gasteiger charge is -1.95. The summed E-state index contributed by atoms with van der Waals surface area (Å²) in [5.74, 6) is -1.74. The first-order valence-corrected chi connectivity index (χ1v) is 5.37. The van der Waals surface area contributed by atoms with Crippen molar-refractivity contribution in [1.29, 1.82) is 0 Å². The van der Waals surface area contributed by atoms with Crippen LogP contribution in [0.4, 0.5) is 0 Å². The predicted molar refractivity (Wildman–Crippen MR) is 59.9 cm³/mol. The molecule has 0 aliphatic heterocycles. The molecule has 0 unspecified atom stereocenters. The maximum atomic E-state index is 9.90. The molecular formula is C10H18O9. The van der Waals surface area contributed by atoms with Crippen LogP contribution in [0.5, 0.6) is 0 Å². The van der Waals surface area contributed by atoms with Gasteiger partial charge in [-0.2, -0.15) is 0 Å². The first-order valence-electron chi connectivity index (χ1n) is 5.37. The average molecular weight is 282 g/mol. The quantitative estimate of drug-likeness (QED) is 0.252. The number of carbonyl (C=O) groups is 2. The molecule has 112 valence electrons. The summed E-state index contributed by atoms with van der Waals surface area (Å²) in [5, 5.41) is 27.8. The highest BCUT2D eigenvalue weighted by molar-refractivity contribution is 5.67. The fourth-order valence-electron chi connectivity index (χ4n) is 0.675. The van der Waals surface area contributed by atoms with Crippen molar-refractivity contribution in [2.45, 2.75) is 32.6 Å². The van der Waals surface area contributed by atoms with Gasteiger partial charge < -0.3 is 15.1 Å². The molecule has 0 rings (SSSR count). The Morgan fingerprint density at radius 2 is 1.58 bits per heavy atom. The minimum atomic E-state index is -0.870. The van der Waals surface area contributed by atoms with E-state index in [1.54, 1.807) is 6.92 Å². The number of hydrogen-bond donors (Lipinski definition) is 2. The van der Waals surface area contributed by atoms with Gasteiger partial charge in [0.25, 0.3) is 0 Å². The van der Waals surface area contributed by atoms with Crippen molar-refractivity contribution in [2.24, 2.45) is 0 Å². The van der Waals surface area contributed by atoms with Crippen molar-refractivity contribution in [3.05, 3.63) is 12.8 Å². The van der Waals surface area contributed by atoms with Gasteiger partial charge in [-0.25, -0.2) is 4.89 Å². The first kappa shape index (κ1) is 19.7. The molecule has 9 nitrogen and oxygen atoms in total. The Hall–Kier alpha value is -1.68. The Kier molecular flexibility index (Phi) is 16.9. The Bertz CT molecular complexity index is 225. The highest BCUT2D eigenvalue weighted by Crippen LogP contribution is 1.98. The van der Waals surface area contributed by atoms with Gasteiger partial charge in [-0.3, -0.25) is 9.59 Å². The molecule has 0 fully saturated rings. The second kappa shape index (κ2) is 16.3. The van der Waals surface area contributed by atoms with Crippen molar-refractivity contribution < 1.29 is 44.7 Å². The molecule has 2 N–H and O–H groups in total. The van der Waals surface area contributed by atoms with E-state index in [1.165, 1.54) is 0 Å². The zero-order chi connectivity index (χ0) is 14.9. The number of hydrogen-bond acceptors (Lipinski definition) is 7. The molecule has 0 aliphatic rings. The van der Waals surface area contributed by atoms with E-state index in [2.05, 4.69) is 31.5 Å². The summed E-state index contributed by atoms with van der Waals surface area (Å²) < 4.78 is 0. The molecule has 0 atom stereocenters. The molecule has 0 bridgehead atoms. The summed E-state index contributed by atoms with van der Waals surface area (Å²) >= 11 is 0. The molecule has 0 saturated heterocycles. The van der Waals surface area contributed by atoms with E-state index in [1.807, 2.05) is 0 Å². The van der Waals surface area contributed by atoms with Crippen molar-refractivity contribution in [2.75, 3.05) is 6.61 Å². The molecule has 0 aliphatic carbocycles. The minimum Gasteiger partial charge on any atom is -0.481 e. The molecule has 0 aromatic heterocycles. The SMILES string of the molecule is C=COOOOOCC.O=C(O)CCCCC(=O)O. The number of rotatable bonds is 11. The normalized spacial score (nSPS) is 9.11. The van der Waals surface area contributed by atoms with Crippen molar-refractivity contribution in [3.63, 3.8) is 0 Å². The van der Waals surface area contributed by atoms with Gasteiger partial charge in [0, 0.05) is 22.9 Å². The molecule has 0 aromatic rings. The van der Waals surface area contributed by atoms with Gasteiger partial charge in [0.05, 0.1) is 6.61 Å². The zero-order valence-electron chi connectivity index (χ0n) is 10.6. The topological polar surface area (TPSA) is 121 Å². The van der Waals surface area contributed by atoms with Crippen LogP contribution in [0.3, 0.4) is 0 Å². The lowest BCUT2D eigenvalue weighted by Crippen LogP contribution is -1.97. The van der Waals surface area contributed by atoms with Crippen LogP contribution >= 0.6 is 0 Å². The van der Waals surface area contributed by atoms with Crippen LogP contribution in [0.25, 0.3) is 0 Å². The Morgan fingerprint density at radius 1 is 1.05 bits per heavy atom. The fourth-order valence-corrected chi connectivity index (χ4v) is 0.675. The van der Waals surface area contributed by atoms with Crippen LogP contribution in [0, 0.1) is 0 Å². The monoisotopic (exact) mass is 282 g/mol. The first-order chi connectivity index (χ1) is 9.04. The third kappa shape index (κ3) is 26.1. The van der Waals surface area contributed by atoms with Gasteiger partial charge in [-0.1, -0.05) is 6.58 Å². The average Bonchev–Trinajstić information content (AvgIpc) is 2.35. The zero-order valence-corrected chi connectivity index (χ0v) is 10.6. The summed E-state index contributed by atoms with van der Waals surface area (Å²) in [6, 6.07) is 0. The lowest BCUT2D eigenvalue weighted by atomic mass is 10.2. The Labute approximate surface area is 110 Å². The molecule has 0 radical (unpaired) electrons. The third-order valence-electron chi connectivity index (χ3n) is 1.36. The summed E-state index contributed by atoms with van der Waals surface area (Å²) in [6.07, 6.45) is 2.04. The number of carboxylic acid groups (broad SMARTS) is 2. The number of unbranched alkanes of at least 4 members (excludes halogenated alkanes) is 1. The lowest BCUT2D eigenvalue weighted by molar-refractivity contribution is -0.700. The standard InChI is InChI=1S/C6H10O4.C4H8O5/c7-5(8)3-1-2-4-6(9)10;1-3-5-7-9-8-6-4-2/h1-4H2,(H,7,8)(H,9,10);3H,1,4H2,2H3. The number of carboxylic acids is 2. The van der Waals surface area contributed by atoms with Crippen LogP contribution in [-0.4, -0.2) is 28.8 Å². The van der Waals surface area contributed by atoms with E-state index in [0.717, 1.165) is 6.26 Å². The maximum Gasteiger partial charge on any atom is 0.303 e. The van der Waals surface area contributed by atoms with E-state index in [4.69, 9.17) is 10.2 Å². The van der Waals surface area contributed by atoms with Gasteiger partial charge in [0.2, 0.25) is 0 Å². The number of aliphatic carboxylic acids is 2. The van der Waals surface area contributed by atoms with Crippen LogP contribution < -0.4 is 0 Å². The van der Waals surface area contributed by atoms with E-state index < -0.39 is 11.9 Å². The molecule has 0 heterocycles. The van der Waals surface area contributed by atoms with Crippen molar-refractivity contribution in [3.8, 4) is 0 Å². The van der Waals surface area contributed by atoms with Gasteiger partial charge in [-0.05, 0) is 24.8 Å². The minimum absolute atomic E-state index is 0.0628. The van der Waals surface area contributed by atoms with Crippen molar-refractivity contribution >= 4 is 11.9 Å². The van der Waals surface area contributed by atoms with E-state index >= 15 is 0 Å². The Morgan fingerprint density at radius 3 is 1.95 bits per heavy atom. The van der Waals surface area contributed by atoms with E-state index in [9.17, 15) is 9.59 Å². The van der Waals surface area contributed by atoms with E-state index in [0.29, 0.717) is 19.4 Å². The summed E-state index contributed by atoms with van der Waals surface area (Å²) in [5.41, 5.74) is 0.